The molecule has 0 aliphatic carbocycles. The number of hydrogen-bond donors (Lipinski definition) is 1. The molecule has 1 saturated heterocycles. The Labute approximate surface area is 243 Å². The number of nitrogens with zero attached hydrogens (tertiary/aromatic N) is 5. The highest BCUT2D eigenvalue weighted by atomic mass is 35.5. The smallest absolute Gasteiger partial charge is 0.332 e. The fraction of sp³-hybridized carbons (Fsp3) is 0.333. The highest BCUT2D eigenvalue weighted by molar-refractivity contribution is 6.32. The lowest BCUT2D eigenvalue weighted by molar-refractivity contribution is 0.128. The number of imidazole rings is 1. The van der Waals surface area contributed by atoms with Crippen molar-refractivity contribution in [2.75, 3.05) is 31.1 Å². The molecule has 1 aliphatic rings. The zero-order valence-corrected chi connectivity index (χ0v) is 24.7. The van der Waals surface area contributed by atoms with Crippen LogP contribution in [0.4, 0.5) is 10.1 Å². The molecule has 7 nitrogen and oxygen atoms in total. The Bertz CT molecular complexity index is 1650. The number of rotatable bonds is 4. The van der Waals surface area contributed by atoms with Gasteiger partial charge in [-0.1, -0.05) is 29.3 Å². The monoisotopic (exact) mass is 583 g/mol. The van der Waals surface area contributed by atoms with Gasteiger partial charge in [0.2, 0.25) is 0 Å². The lowest BCUT2D eigenvalue weighted by Crippen LogP contribution is -2.53. The molecule has 10 heteroatoms. The van der Waals surface area contributed by atoms with Gasteiger partial charge in [-0.2, -0.15) is 0 Å². The summed E-state index contributed by atoms with van der Waals surface area (Å²) in [7, 11) is 1.67. The van der Waals surface area contributed by atoms with Gasteiger partial charge in [-0.3, -0.25) is 9.47 Å². The number of aromatic nitrogens is 3. The highest BCUT2D eigenvalue weighted by Crippen LogP contribution is 2.41. The summed E-state index contributed by atoms with van der Waals surface area (Å²) in [5.74, 6) is -0.557. The third-order valence-corrected chi connectivity index (χ3v) is 8.02. The van der Waals surface area contributed by atoms with Crippen molar-refractivity contribution in [1.29, 1.82) is 0 Å². The van der Waals surface area contributed by atoms with E-state index in [0.29, 0.717) is 57.6 Å². The van der Waals surface area contributed by atoms with Crippen LogP contribution in [0.5, 0.6) is 5.75 Å². The van der Waals surface area contributed by atoms with Crippen molar-refractivity contribution in [2.45, 2.75) is 33.2 Å². The molecule has 0 bridgehead atoms. The van der Waals surface area contributed by atoms with Gasteiger partial charge in [0.25, 0.3) is 0 Å². The Morgan fingerprint density at radius 3 is 2.20 bits per heavy atom. The Morgan fingerprint density at radius 1 is 0.925 bits per heavy atom. The second-order valence-corrected chi connectivity index (χ2v) is 12.0. The third kappa shape index (κ3) is 5.23. The maximum atomic E-state index is 15.3. The van der Waals surface area contributed by atoms with Crippen LogP contribution in [0.2, 0.25) is 10.0 Å². The topological polar surface area (TPSA) is 66.5 Å². The lowest BCUT2D eigenvalue weighted by Gasteiger charge is -2.43. The van der Waals surface area contributed by atoms with E-state index in [4.69, 9.17) is 23.2 Å². The van der Waals surface area contributed by atoms with E-state index in [1.807, 2.05) is 11.8 Å². The summed E-state index contributed by atoms with van der Waals surface area (Å²) in [6, 6.07) is 10.2. The third-order valence-electron chi connectivity index (χ3n) is 7.44. The SMILES string of the molecule is Cc1cc(-c2ccc(-n3ccn(C)c3=O)c(Cl)c2)c(O)c(-c2cc(Cl)c(F)c(N3CCN(C(C)(C)C)CC3)c2)n1. The van der Waals surface area contributed by atoms with E-state index in [2.05, 4.69) is 30.7 Å². The van der Waals surface area contributed by atoms with Crippen LogP contribution in [-0.4, -0.2) is 55.8 Å². The van der Waals surface area contributed by atoms with Crippen LogP contribution >= 0.6 is 23.2 Å². The first-order chi connectivity index (χ1) is 18.8. The predicted octanol–water partition coefficient (Wildman–Crippen LogP) is 6.29. The maximum absolute atomic E-state index is 15.3. The lowest BCUT2D eigenvalue weighted by atomic mass is 9.99. The van der Waals surface area contributed by atoms with Crippen LogP contribution in [0.3, 0.4) is 0 Å². The summed E-state index contributed by atoms with van der Waals surface area (Å²) in [6.45, 7) is 11.3. The van der Waals surface area contributed by atoms with E-state index in [9.17, 15) is 9.90 Å². The summed E-state index contributed by atoms with van der Waals surface area (Å²) < 4.78 is 18.2. The van der Waals surface area contributed by atoms with Crippen molar-refractivity contribution < 1.29 is 9.50 Å². The molecule has 3 heterocycles. The van der Waals surface area contributed by atoms with E-state index < -0.39 is 5.82 Å². The van der Waals surface area contributed by atoms with Crippen molar-refractivity contribution >= 4 is 28.9 Å². The first-order valence-electron chi connectivity index (χ1n) is 13.1. The largest absolute Gasteiger partial charge is 0.505 e. The molecule has 0 unspecified atom stereocenters. The number of pyridine rings is 1. The van der Waals surface area contributed by atoms with Crippen LogP contribution in [0.15, 0.2) is 53.6 Å². The molecule has 40 heavy (non-hydrogen) atoms. The van der Waals surface area contributed by atoms with Crippen molar-refractivity contribution in [3.05, 3.63) is 80.8 Å². The Morgan fingerprint density at radius 2 is 1.60 bits per heavy atom. The van der Waals surface area contributed by atoms with E-state index >= 15 is 4.39 Å². The minimum absolute atomic E-state index is 0.0318. The normalized spacial score (nSPS) is 14.7. The fourth-order valence-corrected chi connectivity index (χ4v) is 5.65. The number of anilines is 1. The van der Waals surface area contributed by atoms with Gasteiger partial charge in [-0.05, 0) is 63.6 Å². The summed E-state index contributed by atoms with van der Waals surface area (Å²) in [6.07, 6.45) is 3.30. The van der Waals surface area contributed by atoms with E-state index in [1.54, 1.807) is 49.8 Å². The van der Waals surface area contributed by atoms with Gasteiger partial charge in [-0.25, -0.2) is 14.2 Å². The average Bonchev–Trinajstić information content (AvgIpc) is 3.24. The maximum Gasteiger partial charge on any atom is 0.332 e. The van der Waals surface area contributed by atoms with Gasteiger partial charge in [0.05, 0.1) is 21.4 Å². The second-order valence-electron chi connectivity index (χ2n) is 11.2. The molecule has 0 radical (unpaired) electrons. The molecule has 0 amide bonds. The van der Waals surface area contributed by atoms with E-state index in [0.717, 1.165) is 13.1 Å². The predicted molar refractivity (Wildman–Crippen MR) is 160 cm³/mol. The quantitative estimate of drug-likeness (QED) is 0.306. The molecular weight excluding hydrogens is 552 g/mol. The number of aromatic hydroxyl groups is 1. The second kappa shape index (κ2) is 10.6. The van der Waals surface area contributed by atoms with Crippen LogP contribution in [-0.2, 0) is 7.05 Å². The molecule has 1 aliphatic heterocycles. The minimum atomic E-state index is -0.486. The fourth-order valence-electron chi connectivity index (χ4n) is 5.16. The molecule has 1 fully saturated rings. The molecule has 210 valence electrons. The Kier molecular flexibility index (Phi) is 7.46. The molecule has 0 saturated carbocycles. The van der Waals surface area contributed by atoms with Gasteiger partial charge < -0.3 is 14.6 Å². The number of aryl methyl sites for hydroxylation is 2. The Hall–Kier alpha value is -3.33. The van der Waals surface area contributed by atoms with Crippen molar-refractivity contribution in [1.82, 2.24) is 19.0 Å². The van der Waals surface area contributed by atoms with Gasteiger partial charge >= 0.3 is 5.69 Å². The van der Waals surface area contributed by atoms with E-state index in [1.165, 1.54) is 15.2 Å². The molecule has 2 aromatic heterocycles. The van der Waals surface area contributed by atoms with Crippen molar-refractivity contribution in [3.8, 4) is 33.8 Å². The summed E-state index contributed by atoms with van der Waals surface area (Å²) in [5, 5.41) is 11.7. The molecule has 2 aromatic carbocycles. The molecule has 0 atom stereocenters. The average molecular weight is 585 g/mol. The number of hydrogen-bond acceptors (Lipinski definition) is 5. The summed E-state index contributed by atoms with van der Waals surface area (Å²) in [5.41, 5.74) is 3.36. The first kappa shape index (κ1) is 28.2. The Balaban J connectivity index is 1.53. The van der Waals surface area contributed by atoms with Gasteiger partial charge in [0.1, 0.15) is 11.4 Å². The molecule has 5 rings (SSSR count). The van der Waals surface area contributed by atoms with Crippen LogP contribution in [0.1, 0.15) is 26.5 Å². The minimum Gasteiger partial charge on any atom is -0.505 e. The standard InChI is InChI=1S/C30H32Cl2FN5O2/c1-18-14-21(19-6-7-24(22(31)15-19)38-13-8-35(5)29(38)40)28(39)27(34-18)20-16-23(32)26(33)25(17-20)36-9-11-37(12-10-36)30(2,3)4/h6-8,13-17,39H,9-12H2,1-5H3. The molecule has 1 N–H and O–H groups in total. The molecule has 0 spiro atoms. The number of benzene rings is 2. The molecular formula is C30H32Cl2FN5O2. The zero-order valence-electron chi connectivity index (χ0n) is 23.2. The number of halogens is 3. The van der Waals surface area contributed by atoms with Gasteiger partial charge in [0, 0.05) is 68.0 Å². The highest BCUT2D eigenvalue weighted by Gasteiger charge is 2.28. The summed E-state index contributed by atoms with van der Waals surface area (Å²) >= 11 is 13.0. The van der Waals surface area contributed by atoms with Crippen LogP contribution in [0.25, 0.3) is 28.1 Å². The summed E-state index contributed by atoms with van der Waals surface area (Å²) in [4.78, 5) is 21.4. The van der Waals surface area contributed by atoms with Crippen LogP contribution in [0, 0.1) is 12.7 Å². The van der Waals surface area contributed by atoms with Crippen LogP contribution < -0.4 is 10.6 Å². The van der Waals surface area contributed by atoms with E-state index in [-0.39, 0.29) is 22.0 Å². The first-order valence-corrected chi connectivity index (χ1v) is 13.8. The van der Waals surface area contributed by atoms with Crippen molar-refractivity contribution in [3.63, 3.8) is 0 Å². The number of piperazine rings is 1. The van der Waals surface area contributed by atoms with Gasteiger partial charge in [-0.15, -0.1) is 0 Å². The molecule has 4 aromatic rings. The van der Waals surface area contributed by atoms with Crippen molar-refractivity contribution in [2.24, 2.45) is 7.05 Å². The van der Waals surface area contributed by atoms with Gasteiger partial charge in [0.15, 0.2) is 5.82 Å². The zero-order chi connectivity index (χ0) is 28.9.